The van der Waals surface area contributed by atoms with Crippen LogP contribution in [0.3, 0.4) is 0 Å². The summed E-state index contributed by atoms with van der Waals surface area (Å²) in [5.41, 5.74) is 0. The smallest absolute Gasteiger partial charge is 0.331 e. The van der Waals surface area contributed by atoms with Gasteiger partial charge in [-0.2, -0.15) is 0 Å². The van der Waals surface area contributed by atoms with Crippen LogP contribution in [0.2, 0.25) is 0 Å². The first-order chi connectivity index (χ1) is 13.3. The summed E-state index contributed by atoms with van der Waals surface area (Å²) in [5, 5.41) is -1.07. The predicted octanol–water partition coefficient (Wildman–Crippen LogP) is 6.75. The van der Waals surface area contributed by atoms with Gasteiger partial charge in [-0.05, 0) is 26.2 Å². The monoisotopic (exact) mass is 420 g/mol. The van der Waals surface area contributed by atoms with E-state index in [0.29, 0.717) is 19.4 Å². The third-order valence-electron chi connectivity index (χ3n) is 5.71. The topological polar surface area (TPSA) is 83.8 Å². The van der Waals surface area contributed by atoms with E-state index in [1.807, 2.05) is 0 Å². The second-order valence-electron chi connectivity index (χ2n) is 8.11. The average Bonchev–Trinajstić information content (AvgIpc) is 2.64. The van der Waals surface area contributed by atoms with Crippen molar-refractivity contribution >= 4 is 13.6 Å². The molecule has 2 N–H and O–H groups in total. The summed E-state index contributed by atoms with van der Waals surface area (Å²) < 4.78 is 17.5. The molecule has 0 aliphatic carbocycles. The highest BCUT2D eigenvalue weighted by molar-refractivity contribution is 7.53. The molecule has 0 radical (unpaired) electrons. The summed E-state index contributed by atoms with van der Waals surface area (Å²) in [6, 6.07) is 0. The van der Waals surface area contributed by atoms with Crippen molar-refractivity contribution in [2.45, 2.75) is 129 Å². The number of hydrogen-bond donors (Lipinski definition) is 2. The summed E-state index contributed by atoms with van der Waals surface area (Å²) in [4.78, 5) is 32.3. The first-order valence-corrected chi connectivity index (χ1v) is 13.2. The highest BCUT2D eigenvalue weighted by atomic mass is 31.2. The summed E-state index contributed by atoms with van der Waals surface area (Å²) in [6.07, 6.45) is 14.3. The Labute approximate surface area is 173 Å². The van der Waals surface area contributed by atoms with E-state index in [2.05, 4.69) is 13.8 Å². The zero-order chi connectivity index (χ0) is 21.3. The lowest BCUT2D eigenvalue weighted by molar-refractivity contribution is -0.143. The largest absolute Gasteiger partial charge is 0.466 e. The summed E-state index contributed by atoms with van der Waals surface area (Å²) in [7, 11) is -4.31. The Kier molecular flexibility index (Phi) is 16.2. The lowest BCUT2D eigenvalue weighted by Gasteiger charge is -2.34. The number of esters is 1. The van der Waals surface area contributed by atoms with Crippen molar-refractivity contribution in [2.24, 2.45) is 0 Å². The number of ether oxygens (including phenoxy) is 1. The maximum atomic E-state index is 12.5. The maximum absolute atomic E-state index is 12.5. The van der Waals surface area contributed by atoms with Gasteiger partial charge in [-0.25, -0.2) is 0 Å². The van der Waals surface area contributed by atoms with Crippen molar-refractivity contribution in [3.05, 3.63) is 0 Å². The van der Waals surface area contributed by atoms with E-state index in [4.69, 9.17) is 4.74 Å². The van der Waals surface area contributed by atoms with E-state index in [1.165, 1.54) is 38.5 Å². The number of carbonyl (C=O) groups excluding carboxylic acids is 1. The Hall–Kier alpha value is -0.380. The zero-order valence-electron chi connectivity index (χ0n) is 18.6. The molecule has 6 heteroatoms. The molecule has 0 heterocycles. The van der Waals surface area contributed by atoms with Gasteiger partial charge in [-0.1, -0.05) is 90.9 Å². The second kappa shape index (κ2) is 16.4. The van der Waals surface area contributed by atoms with Gasteiger partial charge in [0.1, 0.15) is 0 Å². The molecule has 28 heavy (non-hydrogen) atoms. The maximum Gasteiger partial charge on any atom is 0.331 e. The predicted molar refractivity (Wildman–Crippen MR) is 117 cm³/mol. The second-order valence-corrected chi connectivity index (χ2v) is 10.1. The molecule has 0 unspecified atom stereocenters. The van der Waals surface area contributed by atoms with E-state index in [-0.39, 0.29) is 18.8 Å². The molecule has 0 amide bonds. The molecule has 0 rings (SSSR count). The average molecular weight is 421 g/mol. The summed E-state index contributed by atoms with van der Waals surface area (Å²) >= 11 is 0. The quantitative estimate of drug-likeness (QED) is 0.137. The Morgan fingerprint density at radius 1 is 0.750 bits per heavy atom. The van der Waals surface area contributed by atoms with Crippen molar-refractivity contribution in [1.82, 2.24) is 0 Å². The normalized spacial score (nSPS) is 12.3. The van der Waals surface area contributed by atoms with Gasteiger partial charge >= 0.3 is 13.6 Å². The van der Waals surface area contributed by atoms with E-state index in [1.54, 1.807) is 6.92 Å². The Balaban J connectivity index is 4.86. The number of unbranched alkanes of at least 4 members (excludes halogenated alkanes) is 10. The molecular formula is C22H45O5P. The van der Waals surface area contributed by atoms with Gasteiger partial charge in [0.15, 0.2) is 0 Å². The number of rotatable bonds is 19. The first kappa shape index (κ1) is 27.6. The minimum Gasteiger partial charge on any atom is -0.466 e. The fraction of sp³-hybridized carbons (Fsp3) is 0.955. The Morgan fingerprint density at radius 3 is 1.57 bits per heavy atom. The van der Waals surface area contributed by atoms with Crippen LogP contribution in [0.5, 0.6) is 0 Å². The van der Waals surface area contributed by atoms with Crippen LogP contribution in [0.1, 0.15) is 124 Å². The van der Waals surface area contributed by atoms with Gasteiger partial charge in [0.2, 0.25) is 0 Å². The highest BCUT2D eigenvalue weighted by Gasteiger charge is 2.45. The zero-order valence-corrected chi connectivity index (χ0v) is 19.5. The molecule has 0 aromatic rings. The molecule has 5 nitrogen and oxygen atoms in total. The minimum absolute atomic E-state index is 0.0879. The fourth-order valence-corrected chi connectivity index (χ4v) is 5.15. The molecule has 0 aliphatic rings. The van der Waals surface area contributed by atoms with Crippen molar-refractivity contribution in [2.75, 3.05) is 6.61 Å². The molecule has 0 aromatic heterocycles. The lowest BCUT2D eigenvalue weighted by Crippen LogP contribution is -2.30. The van der Waals surface area contributed by atoms with Crippen LogP contribution in [-0.2, 0) is 14.1 Å². The minimum atomic E-state index is -4.31. The molecule has 0 atom stereocenters. The molecular weight excluding hydrogens is 375 g/mol. The van der Waals surface area contributed by atoms with Crippen LogP contribution in [0, 0.1) is 0 Å². The lowest BCUT2D eigenvalue weighted by atomic mass is 9.89. The van der Waals surface area contributed by atoms with Gasteiger partial charge in [0, 0.05) is 6.42 Å². The Morgan fingerprint density at radius 2 is 1.18 bits per heavy atom. The van der Waals surface area contributed by atoms with Gasteiger partial charge in [0.25, 0.3) is 0 Å². The van der Waals surface area contributed by atoms with Crippen LogP contribution >= 0.6 is 7.60 Å². The van der Waals surface area contributed by atoms with Crippen molar-refractivity contribution in [1.29, 1.82) is 0 Å². The van der Waals surface area contributed by atoms with Crippen LogP contribution in [0.15, 0.2) is 0 Å². The van der Waals surface area contributed by atoms with E-state index in [9.17, 15) is 19.1 Å². The third kappa shape index (κ3) is 12.2. The van der Waals surface area contributed by atoms with Crippen molar-refractivity contribution < 1.29 is 23.9 Å². The highest BCUT2D eigenvalue weighted by Crippen LogP contribution is 2.58. The van der Waals surface area contributed by atoms with Gasteiger partial charge < -0.3 is 14.5 Å². The van der Waals surface area contributed by atoms with Crippen LogP contribution in [0.4, 0.5) is 0 Å². The van der Waals surface area contributed by atoms with Gasteiger partial charge in [-0.15, -0.1) is 0 Å². The van der Waals surface area contributed by atoms with Crippen LogP contribution < -0.4 is 0 Å². The molecule has 0 fully saturated rings. The molecule has 0 saturated carbocycles. The molecule has 0 spiro atoms. The fourth-order valence-electron chi connectivity index (χ4n) is 3.85. The molecule has 0 bridgehead atoms. The van der Waals surface area contributed by atoms with Crippen LogP contribution in [-0.4, -0.2) is 27.5 Å². The van der Waals surface area contributed by atoms with Crippen molar-refractivity contribution in [3.8, 4) is 0 Å². The van der Waals surface area contributed by atoms with Crippen molar-refractivity contribution in [3.63, 3.8) is 0 Å². The first-order valence-electron chi connectivity index (χ1n) is 11.5. The molecule has 168 valence electrons. The summed E-state index contributed by atoms with van der Waals surface area (Å²) in [5.74, 6) is -0.355. The molecule has 0 aromatic carbocycles. The molecule has 0 saturated heterocycles. The van der Waals surface area contributed by atoms with Gasteiger partial charge in [-0.3, -0.25) is 9.36 Å². The van der Waals surface area contributed by atoms with Crippen LogP contribution in [0.25, 0.3) is 0 Å². The van der Waals surface area contributed by atoms with E-state index >= 15 is 0 Å². The number of carbonyl (C=O) groups is 1. The van der Waals surface area contributed by atoms with E-state index in [0.717, 1.165) is 38.5 Å². The Bertz CT molecular complexity index is 417. The number of hydrogen-bond acceptors (Lipinski definition) is 3. The standard InChI is InChI=1S/C22H45O5P/c1-4-7-9-11-13-15-18-22(28(24,25)26,20-17-21(23)27-6-3)19-16-14-12-10-8-5-2/h4-20H2,1-3H3,(H2,24,25,26). The van der Waals surface area contributed by atoms with Gasteiger partial charge in [0.05, 0.1) is 11.8 Å². The SMILES string of the molecule is CCCCCCCCC(CCCCCCCC)(CCC(=O)OCC)P(=O)(O)O. The molecule has 0 aliphatic heterocycles. The third-order valence-corrected chi connectivity index (χ3v) is 7.62. The van der Waals surface area contributed by atoms with E-state index < -0.39 is 12.8 Å². The summed E-state index contributed by atoms with van der Waals surface area (Å²) in [6.45, 7) is 6.40.